The van der Waals surface area contributed by atoms with Crippen LogP contribution in [0.5, 0.6) is 0 Å². The van der Waals surface area contributed by atoms with E-state index in [1.165, 1.54) is 5.56 Å². The van der Waals surface area contributed by atoms with Crippen molar-refractivity contribution in [2.24, 2.45) is 5.92 Å². The monoisotopic (exact) mass is 435 g/mol. The highest BCUT2D eigenvalue weighted by Gasteiger charge is 2.39. The van der Waals surface area contributed by atoms with E-state index in [2.05, 4.69) is 16.0 Å². The highest BCUT2D eigenvalue weighted by molar-refractivity contribution is 7.88. The molecule has 0 N–H and O–H groups in total. The van der Waals surface area contributed by atoms with Crippen molar-refractivity contribution in [3.63, 3.8) is 0 Å². The van der Waals surface area contributed by atoms with Gasteiger partial charge >= 0.3 is 0 Å². The molecule has 4 rings (SSSR count). The topological polar surface area (TPSA) is 62.7 Å². The minimum absolute atomic E-state index is 0.0652. The molecule has 1 aromatic heterocycles. The summed E-state index contributed by atoms with van der Waals surface area (Å²) in [7, 11) is -3.43. The second kappa shape index (κ2) is 9.10. The first kappa shape index (κ1) is 20.8. The van der Waals surface area contributed by atoms with Gasteiger partial charge in [-0.25, -0.2) is 12.7 Å². The van der Waals surface area contributed by atoms with Gasteiger partial charge in [-0.3, -0.25) is 9.88 Å². The van der Waals surface area contributed by atoms with Gasteiger partial charge in [-0.05, 0) is 29.7 Å². The maximum atomic E-state index is 13.0. The maximum Gasteiger partial charge on any atom is 0.218 e. The molecule has 156 valence electrons. The maximum absolute atomic E-state index is 13.0. The molecule has 0 spiro atoms. The number of piperidine rings is 1. The van der Waals surface area contributed by atoms with Crippen LogP contribution in [0.4, 0.5) is 0 Å². The van der Waals surface area contributed by atoms with Gasteiger partial charge < -0.3 is 4.74 Å². The largest absolute Gasteiger partial charge is 0.380 e. The van der Waals surface area contributed by atoms with Gasteiger partial charge in [0.15, 0.2) is 0 Å². The molecule has 6 nitrogen and oxygen atoms in total. The van der Waals surface area contributed by atoms with Crippen molar-refractivity contribution in [2.45, 2.75) is 24.8 Å². The van der Waals surface area contributed by atoms with Gasteiger partial charge in [0.2, 0.25) is 10.0 Å². The molecule has 2 atom stereocenters. The molecule has 8 heteroatoms. The molecule has 2 aromatic rings. The number of aromatic nitrogens is 1. The van der Waals surface area contributed by atoms with Crippen LogP contribution in [0.25, 0.3) is 0 Å². The van der Waals surface area contributed by atoms with Crippen molar-refractivity contribution >= 4 is 21.6 Å². The Morgan fingerprint density at radius 1 is 1.17 bits per heavy atom. The molecule has 2 aliphatic heterocycles. The van der Waals surface area contributed by atoms with Crippen molar-refractivity contribution in [2.75, 3.05) is 32.8 Å². The van der Waals surface area contributed by atoms with Gasteiger partial charge in [-0.15, -0.1) is 0 Å². The summed E-state index contributed by atoms with van der Waals surface area (Å²) >= 11 is 6.18. The zero-order chi connectivity index (χ0) is 20.3. The average Bonchev–Trinajstić information content (AvgIpc) is 2.92. The van der Waals surface area contributed by atoms with E-state index in [4.69, 9.17) is 16.3 Å². The van der Waals surface area contributed by atoms with Crippen LogP contribution in [-0.4, -0.2) is 61.5 Å². The summed E-state index contributed by atoms with van der Waals surface area (Å²) in [5, 5.41) is 0.492. The van der Waals surface area contributed by atoms with E-state index >= 15 is 0 Å². The molecule has 0 amide bonds. The Morgan fingerprint density at radius 3 is 2.83 bits per heavy atom. The number of benzene rings is 1. The van der Waals surface area contributed by atoms with E-state index in [-0.39, 0.29) is 11.7 Å². The summed E-state index contributed by atoms with van der Waals surface area (Å²) in [6.07, 6.45) is 4.47. The van der Waals surface area contributed by atoms with Crippen LogP contribution < -0.4 is 0 Å². The lowest BCUT2D eigenvalue weighted by Crippen LogP contribution is -2.52. The van der Waals surface area contributed by atoms with Gasteiger partial charge in [0, 0.05) is 55.6 Å². The summed E-state index contributed by atoms with van der Waals surface area (Å²) < 4.78 is 33.5. The number of fused-ring (bicyclic) bond motifs is 1. The predicted molar refractivity (Wildman–Crippen MR) is 113 cm³/mol. The van der Waals surface area contributed by atoms with E-state index in [9.17, 15) is 8.42 Å². The number of rotatable bonds is 5. The molecular formula is C21H26ClN3O3S. The van der Waals surface area contributed by atoms with Crippen molar-refractivity contribution in [3.05, 3.63) is 64.9 Å². The van der Waals surface area contributed by atoms with Gasteiger partial charge in [0.1, 0.15) is 0 Å². The number of nitrogens with zero attached hydrogens (tertiary/aromatic N) is 3. The number of hydrogen-bond acceptors (Lipinski definition) is 5. The molecule has 0 aliphatic carbocycles. The first-order valence-electron chi connectivity index (χ1n) is 9.95. The molecule has 3 heterocycles. The van der Waals surface area contributed by atoms with Gasteiger partial charge in [0.05, 0.1) is 19.0 Å². The number of pyridine rings is 1. The second-order valence-corrected chi connectivity index (χ2v) is 10.1. The Labute approximate surface area is 177 Å². The molecule has 0 bridgehead atoms. The quantitative estimate of drug-likeness (QED) is 0.722. The van der Waals surface area contributed by atoms with Gasteiger partial charge in [-0.1, -0.05) is 35.9 Å². The van der Waals surface area contributed by atoms with Crippen LogP contribution in [0.1, 0.15) is 17.5 Å². The molecule has 0 unspecified atom stereocenters. The van der Waals surface area contributed by atoms with Gasteiger partial charge in [-0.2, -0.15) is 0 Å². The standard InChI is InChI=1S/C21H26ClN3O3S/c22-20-6-2-1-5-18(20)16-29(26,27)25-9-7-21-19(14-25)15-28-11-10-24(21)13-17-4-3-8-23-12-17/h1-6,8,12,19,21H,7,9-11,13-16H2/t19-,21-/m1/s1. The number of hydrogen-bond donors (Lipinski definition) is 0. The lowest BCUT2D eigenvalue weighted by molar-refractivity contribution is 0.0761. The molecule has 2 aliphatic rings. The predicted octanol–water partition coefficient (Wildman–Crippen LogP) is 2.79. The van der Waals surface area contributed by atoms with Crippen molar-refractivity contribution in [1.82, 2.24) is 14.2 Å². The Kier molecular flexibility index (Phi) is 6.51. The van der Waals surface area contributed by atoms with Crippen molar-refractivity contribution in [3.8, 4) is 0 Å². The van der Waals surface area contributed by atoms with Crippen LogP contribution >= 0.6 is 11.6 Å². The fourth-order valence-electron chi connectivity index (χ4n) is 4.29. The van der Waals surface area contributed by atoms with Crippen LogP contribution in [-0.2, 0) is 27.1 Å². The number of sulfonamides is 1. The molecule has 1 aromatic carbocycles. The fraction of sp³-hybridized carbons (Fsp3) is 0.476. The Hall–Kier alpha value is -1.51. The van der Waals surface area contributed by atoms with Crippen LogP contribution in [0.3, 0.4) is 0 Å². The lowest BCUT2D eigenvalue weighted by Gasteiger charge is -2.41. The summed E-state index contributed by atoms with van der Waals surface area (Å²) in [4.78, 5) is 6.64. The Bertz CT molecular complexity index is 926. The summed E-state index contributed by atoms with van der Waals surface area (Å²) in [6, 6.07) is 11.5. The first-order chi connectivity index (χ1) is 14.0. The lowest BCUT2D eigenvalue weighted by atomic mass is 9.92. The van der Waals surface area contributed by atoms with E-state index in [0.717, 1.165) is 19.5 Å². The van der Waals surface area contributed by atoms with Gasteiger partial charge in [0.25, 0.3) is 0 Å². The fourth-order valence-corrected chi connectivity index (χ4v) is 6.20. The van der Waals surface area contributed by atoms with Crippen LogP contribution in [0.15, 0.2) is 48.8 Å². The zero-order valence-electron chi connectivity index (χ0n) is 16.3. The summed E-state index contributed by atoms with van der Waals surface area (Å²) in [5.41, 5.74) is 1.81. The summed E-state index contributed by atoms with van der Waals surface area (Å²) in [6.45, 7) is 3.93. The second-order valence-electron chi connectivity index (χ2n) is 7.73. The van der Waals surface area contributed by atoms with E-state index < -0.39 is 10.0 Å². The third-order valence-corrected chi connectivity index (χ3v) is 7.94. The molecule has 2 fully saturated rings. The minimum Gasteiger partial charge on any atom is -0.380 e. The van der Waals surface area contributed by atoms with E-state index in [0.29, 0.717) is 42.9 Å². The Balaban J connectivity index is 1.46. The molecule has 29 heavy (non-hydrogen) atoms. The third-order valence-electron chi connectivity index (χ3n) is 5.78. The zero-order valence-corrected chi connectivity index (χ0v) is 17.9. The number of ether oxygens (including phenoxy) is 1. The highest BCUT2D eigenvalue weighted by atomic mass is 35.5. The molecular weight excluding hydrogens is 410 g/mol. The van der Waals surface area contributed by atoms with Crippen molar-refractivity contribution < 1.29 is 13.2 Å². The molecule has 0 saturated carbocycles. The molecule has 2 saturated heterocycles. The number of halogens is 1. The smallest absolute Gasteiger partial charge is 0.218 e. The van der Waals surface area contributed by atoms with Crippen molar-refractivity contribution in [1.29, 1.82) is 0 Å². The normalized spacial score (nSPS) is 24.0. The van der Waals surface area contributed by atoms with Crippen LogP contribution in [0.2, 0.25) is 5.02 Å². The molecule has 0 radical (unpaired) electrons. The minimum atomic E-state index is -3.43. The SMILES string of the molecule is O=S(=O)(Cc1ccccc1Cl)N1CC[C@@H]2[C@@H](COCCN2Cc2cccnc2)C1. The van der Waals surface area contributed by atoms with E-state index in [1.54, 1.807) is 22.6 Å². The van der Waals surface area contributed by atoms with Crippen LogP contribution in [0, 0.1) is 5.92 Å². The summed E-state index contributed by atoms with van der Waals surface area (Å²) in [5.74, 6) is 0.0913. The first-order valence-corrected chi connectivity index (χ1v) is 11.9. The Morgan fingerprint density at radius 2 is 2.03 bits per heavy atom. The van der Waals surface area contributed by atoms with E-state index in [1.807, 2.05) is 24.4 Å². The third kappa shape index (κ3) is 4.98. The average molecular weight is 436 g/mol. The highest BCUT2D eigenvalue weighted by Crippen LogP contribution is 2.29.